The van der Waals surface area contributed by atoms with Gasteiger partial charge in [0.05, 0.1) is 12.7 Å². The number of carbonyl (C=O) groups excluding carboxylic acids is 1. The van der Waals surface area contributed by atoms with E-state index in [1.54, 1.807) is 11.0 Å². The zero-order valence-electron chi connectivity index (χ0n) is 10.4. The summed E-state index contributed by atoms with van der Waals surface area (Å²) in [4.78, 5) is 13.8. The van der Waals surface area contributed by atoms with Crippen molar-refractivity contribution in [2.45, 2.75) is 6.42 Å². The van der Waals surface area contributed by atoms with Gasteiger partial charge in [-0.25, -0.2) is 4.39 Å². The Morgan fingerprint density at radius 2 is 2.39 bits per heavy atom. The number of rotatable bonds is 3. The van der Waals surface area contributed by atoms with E-state index in [1.807, 2.05) is 0 Å². The second-order valence-electron chi connectivity index (χ2n) is 4.49. The van der Waals surface area contributed by atoms with Gasteiger partial charge < -0.3 is 15.4 Å². The van der Waals surface area contributed by atoms with Gasteiger partial charge in [-0.1, -0.05) is 0 Å². The summed E-state index contributed by atoms with van der Waals surface area (Å²) in [7, 11) is 1.46. The molecule has 4 nitrogen and oxygen atoms in total. The Labute approximate surface area is 106 Å². The SMILES string of the molecule is COc1ccc(C(=O)N2CCC(CN)C2)c(F)c1. The fourth-order valence-electron chi connectivity index (χ4n) is 2.18. The molecule has 1 aliphatic heterocycles. The molecule has 0 radical (unpaired) electrons. The number of ether oxygens (including phenoxy) is 1. The Balaban J connectivity index is 2.14. The number of nitrogens with zero attached hydrogens (tertiary/aromatic N) is 1. The normalized spacial score (nSPS) is 19.1. The molecule has 2 rings (SSSR count). The number of carbonyl (C=O) groups is 1. The second-order valence-corrected chi connectivity index (χ2v) is 4.49. The summed E-state index contributed by atoms with van der Waals surface area (Å²) >= 11 is 0. The number of hydrogen-bond donors (Lipinski definition) is 1. The average Bonchev–Trinajstić information content (AvgIpc) is 2.86. The van der Waals surface area contributed by atoms with E-state index in [4.69, 9.17) is 10.5 Å². The Morgan fingerprint density at radius 1 is 1.61 bits per heavy atom. The van der Waals surface area contributed by atoms with Crippen molar-refractivity contribution in [3.8, 4) is 5.75 Å². The number of halogens is 1. The lowest BCUT2D eigenvalue weighted by molar-refractivity contribution is 0.0783. The predicted octanol–water partition coefficient (Wildman–Crippen LogP) is 1.26. The van der Waals surface area contributed by atoms with Crippen LogP contribution in [0.4, 0.5) is 4.39 Å². The summed E-state index contributed by atoms with van der Waals surface area (Å²) in [6, 6.07) is 4.28. The van der Waals surface area contributed by atoms with Crippen LogP contribution in [0.2, 0.25) is 0 Å². The Hall–Kier alpha value is -1.62. The largest absolute Gasteiger partial charge is 0.497 e. The van der Waals surface area contributed by atoms with E-state index in [-0.39, 0.29) is 11.5 Å². The third kappa shape index (κ3) is 2.46. The van der Waals surface area contributed by atoms with Gasteiger partial charge in [0.25, 0.3) is 5.91 Å². The topological polar surface area (TPSA) is 55.6 Å². The molecule has 1 atom stereocenters. The summed E-state index contributed by atoms with van der Waals surface area (Å²) < 4.78 is 18.7. The predicted molar refractivity (Wildman–Crippen MR) is 66.0 cm³/mol. The minimum absolute atomic E-state index is 0.0912. The van der Waals surface area contributed by atoms with Crippen LogP contribution in [0.15, 0.2) is 18.2 Å². The Morgan fingerprint density at radius 3 is 2.94 bits per heavy atom. The summed E-state index contributed by atoms with van der Waals surface area (Å²) in [5.41, 5.74) is 5.67. The highest BCUT2D eigenvalue weighted by Gasteiger charge is 2.27. The average molecular weight is 252 g/mol. The van der Waals surface area contributed by atoms with E-state index in [9.17, 15) is 9.18 Å². The van der Waals surface area contributed by atoms with Crippen molar-refractivity contribution in [3.63, 3.8) is 0 Å². The number of hydrogen-bond acceptors (Lipinski definition) is 3. The third-order valence-electron chi connectivity index (χ3n) is 3.31. The molecule has 0 aliphatic carbocycles. The van der Waals surface area contributed by atoms with E-state index >= 15 is 0 Å². The van der Waals surface area contributed by atoms with Crippen molar-refractivity contribution in [1.29, 1.82) is 0 Å². The molecule has 1 fully saturated rings. The minimum Gasteiger partial charge on any atom is -0.497 e. The van der Waals surface area contributed by atoms with Crippen molar-refractivity contribution < 1.29 is 13.9 Å². The zero-order chi connectivity index (χ0) is 13.1. The van der Waals surface area contributed by atoms with Crippen LogP contribution in [0.1, 0.15) is 16.8 Å². The van der Waals surface area contributed by atoms with Gasteiger partial charge in [0.15, 0.2) is 0 Å². The molecular formula is C13H17FN2O2. The number of amides is 1. The molecule has 2 N–H and O–H groups in total. The van der Waals surface area contributed by atoms with Gasteiger partial charge in [-0.15, -0.1) is 0 Å². The van der Waals surface area contributed by atoms with E-state index in [2.05, 4.69) is 0 Å². The molecule has 1 heterocycles. The Bertz CT molecular complexity index is 451. The van der Waals surface area contributed by atoms with Crippen LogP contribution < -0.4 is 10.5 Å². The molecule has 1 aromatic rings. The first kappa shape index (κ1) is 12.8. The first-order valence-corrected chi connectivity index (χ1v) is 5.98. The maximum atomic E-state index is 13.8. The maximum Gasteiger partial charge on any atom is 0.256 e. The van der Waals surface area contributed by atoms with Crippen molar-refractivity contribution in [1.82, 2.24) is 4.90 Å². The van der Waals surface area contributed by atoms with Crippen LogP contribution in [-0.2, 0) is 0 Å². The maximum absolute atomic E-state index is 13.8. The molecule has 0 saturated carbocycles. The summed E-state index contributed by atoms with van der Waals surface area (Å²) in [5.74, 6) is -0.0813. The Kier molecular flexibility index (Phi) is 3.81. The van der Waals surface area contributed by atoms with Crippen LogP contribution >= 0.6 is 0 Å². The molecule has 1 amide bonds. The molecule has 98 valence electrons. The fraction of sp³-hybridized carbons (Fsp3) is 0.462. The lowest BCUT2D eigenvalue weighted by atomic mass is 10.1. The van der Waals surface area contributed by atoms with Gasteiger partial charge in [-0.3, -0.25) is 4.79 Å². The van der Waals surface area contributed by atoms with Crippen molar-refractivity contribution in [2.75, 3.05) is 26.7 Å². The zero-order valence-corrected chi connectivity index (χ0v) is 10.4. The van der Waals surface area contributed by atoms with E-state index in [0.29, 0.717) is 31.3 Å². The lowest BCUT2D eigenvalue weighted by Gasteiger charge is -2.16. The van der Waals surface area contributed by atoms with Crippen LogP contribution in [-0.4, -0.2) is 37.6 Å². The molecule has 18 heavy (non-hydrogen) atoms. The summed E-state index contributed by atoms with van der Waals surface area (Å²) in [6.45, 7) is 1.82. The quantitative estimate of drug-likeness (QED) is 0.881. The molecule has 0 bridgehead atoms. The fourth-order valence-corrected chi connectivity index (χ4v) is 2.18. The smallest absolute Gasteiger partial charge is 0.256 e. The van der Waals surface area contributed by atoms with E-state index in [1.165, 1.54) is 19.2 Å². The highest BCUT2D eigenvalue weighted by atomic mass is 19.1. The highest BCUT2D eigenvalue weighted by Crippen LogP contribution is 2.21. The number of likely N-dealkylation sites (tertiary alicyclic amines) is 1. The van der Waals surface area contributed by atoms with Gasteiger partial charge >= 0.3 is 0 Å². The van der Waals surface area contributed by atoms with Crippen LogP contribution in [0, 0.1) is 11.7 Å². The van der Waals surface area contributed by atoms with Gasteiger partial charge in [0, 0.05) is 19.2 Å². The monoisotopic (exact) mass is 252 g/mol. The molecule has 1 aliphatic rings. The molecule has 1 saturated heterocycles. The molecular weight excluding hydrogens is 235 g/mol. The number of benzene rings is 1. The number of methoxy groups -OCH3 is 1. The summed E-state index contributed by atoms with van der Waals surface area (Å²) in [5, 5.41) is 0. The van der Waals surface area contributed by atoms with Gasteiger partial charge in [-0.2, -0.15) is 0 Å². The minimum atomic E-state index is -0.546. The van der Waals surface area contributed by atoms with Crippen molar-refractivity contribution in [2.24, 2.45) is 11.7 Å². The second kappa shape index (κ2) is 5.35. The molecule has 5 heteroatoms. The van der Waals surface area contributed by atoms with Crippen LogP contribution in [0.3, 0.4) is 0 Å². The van der Waals surface area contributed by atoms with Crippen LogP contribution in [0.25, 0.3) is 0 Å². The van der Waals surface area contributed by atoms with E-state index < -0.39 is 5.82 Å². The molecule has 0 spiro atoms. The summed E-state index contributed by atoms with van der Waals surface area (Å²) in [6.07, 6.45) is 0.889. The van der Waals surface area contributed by atoms with Gasteiger partial charge in [-0.05, 0) is 31.0 Å². The third-order valence-corrected chi connectivity index (χ3v) is 3.31. The standard InChI is InChI=1S/C13H17FN2O2/c1-18-10-2-3-11(12(14)6-10)13(17)16-5-4-9(7-15)8-16/h2-3,6,9H,4-5,7-8,15H2,1H3. The van der Waals surface area contributed by atoms with Crippen molar-refractivity contribution >= 4 is 5.91 Å². The molecule has 1 aromatic carbocycles. The van der Waals surface area contributed by atoms with Gasteiger partial charge in [0.1, 0.15) is 11.6 Å². The van der Waals surface area contributed by atoms with Crippen molar-refractivity contribution in [3.05, 3.63) is 29.6 Å². The molecule has 1 unspecified atom stereocenters. The highest BCUT2D eigenvalue weighted by molar-refractivity contribution is 5.94. The lowest BCUT2D eigenvalue weighted by Crippen LogP contribution is -2.30. The number of nitrogens with two attached hydrogens (primary N) is 1. The van der Waals surface area contributed by atoms with Gasteiger partial charge in [0.2, 0.25) is 0 Å². The van der Waals surface area contributed by atoms with Crippen LogP contribution in [0.5, 0.6) is 5.75 Å². The first-order valence-electron chi connectivity index (χ1n) is 5.98. The first-order chi connectivity index (χ1) is 8.65. The van der Waals surface area contributed by atoms with E-state index in [0.717, 1.165) is 6.42 Å². The molecule has 0 aromatic heterocycles.